The average Bonchev–Trinajstić information content (AvgIpc) is 2.49. The van der Waals surface area contributed by atoms with Crippen molar-refractivity contribution < 1.29 is 0 Å². The van der Waals surface area contributed by atoms with Crippen LogP contribution in [0, 0.1) is 0 Å². The molecule has 13 heavy (non-hydrogen) atoms. The van der Waals surface area contributed by atoms with Crippen LogP contribution in [0.2, 0.25) is 0 Å². The maximum absolute atomic E-state index is 2.35. The summed E-state index contributed by atoms with van der Waals surface area (Å²) in [6, 6.07) is 11.2. The Morgan fingerprint density at radius 3 is 2.46 bits per heavy atom. The molecule has 0 aliphatic carbocycles. The first-order chi connectivity index (χ1) is 6.29. The standard InChI is InChI=1S/C12H15N/c1-10-12(8-9-13(10)2)11-6-4-3-5-7-11/h3-8,10H,9H2,1-2H3/t10-/m0/s1. The fourth-order valence-electron chi connectivity index (χ4n) is 1.80. The first-order valence-corrected chi connectivity index (χ1v) is 4.75. The first kappa shape index (κ1) is 8.52. The number of rotatable bonds is 1. The molecule has 0 fully saturated rings. The van der Waals surface area contributed by atoms with Gasteiger partial charge in [-0.3, -0.25) is 4.90 Å². The van der Waals surface area contributed by atoms with Crippen LogP contribution in [0.25, 0.3) is 5.57 Å². The van der Waals surface area contributed by atoms with Crippen molar-refractivity contribution in [3.8, 4) is 0 Å². The second kappa shape index (κ2) is 3.35. The van der Waals surface area contributed by atoms with E-state index < -0.39 is 0 Å². The number of likely N-dealkylation sites (N-methyl/N-ethyl adjacent to an activating group) is 1. The Balaban J connectivity index is 2.29. The summed E-state index contributed by atoms with van der Waals surface area (Å²) < 4.78 is 0. The predicted octanol–water partition coefficient (Wildman–Crippen LogP) is 2.40. The van der Waals surface area contributed by atoms with Crippen LogP contribution in [0.15, 0.2) is 36.4 Å². The lowest BCUT2D eigenvalue weighted by Crippen LogP contribution is -2.24. The molecule has 1 atom stereocenters. The zero-order chi connectivity index (χ0) is 9.26. The van der Waals surface area contributed by atoms with Gasteiger partial charge in [-0.1, -0.05) is 36.4 Å². The van der Waals surface area contributed by atoms with Gasteiger partial charge in [-0.05, 0) is 25.1 Å². The van der Waals surface area contributed by atoms with E-state index in [1.54, 1.807) is 0 Å². The van der Waals surface area contributed by atoms with Gasteiger partial charge in [0.25, 0.3) is 0 Å². The van der Waals surface area contributed by atoms with Crippen LogP contribution in [0.1, 0.15) is 12.5 Å². The van der Waals surface area contributed by atoms with Gasteiger partial charge in [0, 0.05) is 12.6 Å². The van der Waals surface area contributed by atoms with Crippen molar-refractivity contribution in [3.63, 3.8) is 0 Å². The minimum absolute atomic E-state index is 0.558. The molecule has 1 nitrogen and oxygen atoms in total. The predicted molar refractivity (Wildman–Crippen MR) is 56.5 cm³/mol. The van der Waals surface area contributed by atoms with Gasteiger partial charge < -0.3 is 0 Å². The van der Waals surface area contributed by atoms with E-state index in [0.717, 1.165) is 6.54 Å². The maximum Gasteiger partial charge on any atom is 0.0323 e. The molecule has 0 amide bonds. The van der Waals surface area contributed by atoms with E-state index >= 15 is 0 Å². The molecule has 1 aliphatic heterocycles. The number of hydrogen-bond donors (Lipinski definition) is 0. The summed E-state index contributed by atoms with van der Waals surface area (Å²) in [7, 11) is 2.16. The molecule has 0 radical (unpaired) electrons. The van der Waals surface area contributed by atoms with E-state index in [4.69, 9.17) is 0 Å². The summed E-state index contributed by atoms with van der Waals surface area (Å²) in [6.45, 7) is 3.33. The molecule has 0 saturated heterocycles. The molecule has 1 aromatic carbocycles. The van der Waals surface area contributed by atoms with Gasteiger partial charge in [0.05, 0.1) is 0 Å². The first-order valence-electron chi connectivity index (χ1n) is 4.75. The van der Waals surface area contributed by atoms with Gasteiger partial charge in [-0.15, -0.1) is 0 Å². The minimum Gasteiger partial charge on any atom is -0.296 e. The third-order valence-electron chi connectivity index (χ3n) is 2.82. The quantitative estimate of drug-likeness (QED) is 0.630. The van der Waals surface area contributed by atoms with Crippen LogP contribution in [-0.2, 0) is 0 Å². The van der Waals surface area contributed by atoms with Crippen LogP contribution in [-0.4, -0.2) is 24.5 Å². The fourth-order valence-corrected chi connectivity index (χ4v) is 1.80. The van der Waals surface area contributed by atoms with Crippen molar-refractivity contribution in [1.29, 1.82) is 0 Å². The SMILES string of the molecule is C[C@H]1C(c2ccccc2)=CCN1C. The van der Waals surface area contributed by atoms with Gasteiger partial charge in [0.15, 0.2) is 0 Å². The van der Waals surface area contributed by atoms with Crippen LogP contribution in [0.4, 0.5) is 0 Å². The van der Waals surface area contributed by atoms with Crippen LogP contribution in [0.3, 0.4) is 0 Å². The van der Waals surface area contributed by atoms with E-state index in [2.05, 4.69) is 55.3 Å². The molecule has 0 bridgehead atoms. The molecular weight excluding hydrogens is 158 g/mol. The third kappa shape index (κ3) is 1.52. The van der Waals surface area contributed by atoms with E-state index in [-0.39, 0.29) is 0 Å². The third-order valence-corrected chi connectivity index (χ3v) is 2.82. The molecule has 0 unspecified atom stereocenters. The molecule has 1 aromatic rings. The topological polar surface area (TPSA) is 3.24 Å². The monoisotopic (exact) mass is 173 g/mol. The lowest BCUT2D eigenvalue weighted by molar-refractivity contribution is 0.357. The Morgan fingerprint density at radius 2 is 1.92 bits per heavy atom. The molecule has 1 heterocycles. The molecule has 2 rings (SSSR count). The second-order valence-corrected chi connectivity index (χ2v) is 3.64. The summed E-state index contributed by atoms with van der Waals surface area (Å²) in [5.74, 6) is 0. The van der Waals surface area contributed by atoms with E-state index in [1.165, 1.54) is 11.1 Å². The summed E-state index contributed by atoms with van der Waals surface area (Å²) >= 11 is 0. The number of benzene rings is 1. The van der Waals surface area contributed by atoms with Crippen LogP contribution < -0.4 is 0 Å². The molecule has 1 aliphatic rings. The number of nitrogens with zero attached hydrogens (tertiary/aromatic N) is 1. The lowest BCUT2D eigenvalue weighted by atomic mass is 10.0. The summed E-state index contributed by atoms with van der Waals surface area (Å²) in [5, 5.41) is 0. The molecule has 0 saturated carbocycles. The highest BCUT2D eigenvalue weighted by Gasteiger charge is 2.20. The molecule has 0 aromatic heterocycles. The van der Waals surface area contributed by atoms with E-state index in [9.17, 15) is 0 Å². The van der Waals surface area contributed by atoms with Crippen LogP contribution >= 0.6 is 0 Å². The molecule has 0 spiro atoms. The summed E-state index contributed by atoms with van der Waals surface area (Å²) in [5.41, 5.74) is 2.82. The Morgan fingerprint density at radius 1 is 1.23 bits per heavy atom. The Labute approximate surface area is 79.7 Å². The molecule has 1 heteroatoms. The zero-order valence-electron chi connectivity index (χ0n) is 8.20. The van der Waals surface area contributed by atoms with Crippen molar-refractivity contribution >= 4 is 5.57 Å². The van der Waals surface area contributed by atoms with Crippen molar-refractivity contribution in [2.45, 2.75) is 13.0 Å². The highest BCUT2D eigenvalue weighted by Crippen LogP contribution is 2.25. The van der Waals surface area contributed by atoms with Gasteiger partial charge in [0.2, 0.25) is 0 Å². The lowest BCUT2D eigenvalue weighted by Gasteiger charge is -2.18. The van der Waals surface area contributed by atoms with Gasteiger partial charge in [-0.2, -0.15) is 0 Å². The zero-order valence-corrected chi connectivity index (χ0v) is 8.20. The Kier molecular flexibility index (Phi) is 2.19. The Hall–Kier alpha value is -1.08. The maximum atomic E-state index is 2.35. The molecule has 68 valence electrons. The Bertz CT molecular complexity index is 313. The van der Waals surface area contributed by atoms with E-state index in [1.807, 2.05) is 0 Å². The molecule has 0 N–H and O–H groups in total. The van der Waals surface area contributed by atoms with Gasteiger partial charge in [0.1, 0.15) is 0 Å². The van der Waals surface area contributed by atoms with Crippen molar-refractivity contribution in [2.24, 2.45) is 0 Å². The van der Waals surface area contributed by atoms with E-state index in [0.29, 0.717) is 6.04 Å². The van der Waals surface area contributed by atoms with Crippen molar-refractivity contribution in [1.82, 2.24) is 4.90 Å². The highest BCUT2D eigenvalue weighted by molar-refractivity contribution is 5.71. The van der Waals surface area contributed by atoms with Crippen molar-refractivity contribution in [3.05, 3.63) is 42.0 Å². The van der Waals surface area contributed by atoms with Crippen molar-refractivity contribution in [2.75, 3.05) is 13.6 Å². The highest BCUT2D eigenvalue weighted by atomic mass is 15.1. The fraction of sp³-hybridized carbons (Fsp3) is 0.333. The van der Waals surface area contributed by atoms with Crippen LogP contribution in [0.5, 0.6) is 0 Å². The summed E-state index contributed by atoms with van der Waals surface area (Å²) in [4.78, 5) is 2.35. The second-order valence-electron chi connectivity index (χ2n) is 3.64. The minimum atomic E-state index is 0.558. The van der Waals surface area contributed by atoms with Gasteiger partial charge >= 0.3 is 0 Å². The normalized spacial score (nSPS) is 23.2. The number of hydrogen-bond acceptors (Lipinski definition) is 1. The smallest absolute Gasteiger partial charge is 0.0323 e. The largest absolute Gasteiger partial charge is 0.296 e. The average molecular weight is 173 g/mol. The molecular formula is C12H15N. The summed E-state index contributed by atoms with van der Waals surface area (Å²) in [6.07, 6.45) is 2.32. The van der Waals surface area contributed by atoms with Gasteiger partial charge in [-0.25, -0.2) is 0 Å².